The predicted molar refractivity (Wildman–Crippen MR) is 126 cm³/mol. The van der Waals surface area contributed by atoms with Gasteiger partial charge in [-0.15, -0.1) is 11.3 Å². The van der Waals surface area contributed by atoms with Crippen LogP contribution in [0.1, 0.15) is 38.8 Å². The van der Waals surface area contributed by atoms with Gasteiger partial charge in [-0.1, -0.05) is 23.2 Å². The van der Waals surface area contributed by atoms with E-state index in [9.17, 15) is 9.59 Å². The molecule has 2 aliphatic heterocycles. The molecule has 0 saturated carbocycles. The smallest absolute Gasteiger partial charge is 0.256 e. The number of carbonyl (C=O) groups is 1. The number of amides is 1. The second-order valence-corrected chi connectivity index (χ2v) is 9.97. The van der Waals surface area contributed by atoms with Gasteiger partial charge in [-0.25, -0.2) is 0 Å². The van der Waals surface area contributed by atoms with Gasteiger partial charge in [0.2, 0.25) is 0 Å². The maximum Gasteiger partial charge on any atom is 0.256 e. The summed E-state index contributed by atoms with van der Waals surface area (Å²) < 4.78 is 12.0. The lowest BCUT2D eigenvalue weighted by Crippen LogP contribution is -2.39. The molecule has 1 N–H and O–H groups in total. The number of rotatable bonds is 5. The maximum absolute atomic E-state index is 13.6. The van der Waals surface area contributed by atoms with E-state index in [1.807, 2.05) is 24.4 Å². The second-order valence-electron chi connectivity index (χ2n) is 8.27. The Morgan fingerprint density at radius 1 is 1.34 bits per heavy atom. The van der Waals surface area contributed by atoms with E-state index in [2.05, 4.69) is 4.98 Å². The minimum atomic E-state index is -0.299. The highest BCUT2D eigenvalue weighted by atomic mass is 35.5. The number of hydrogen-bond donors (Lipinski definition) is 1. The van der Waals surface area contributed by atoms with E-state index in [4.69, 9.17) is 32.7 Å². The number of ether oxygens (including phenoxy) is 2. The summed E-state index contributed by atoms with van der Waals surface area (Å²) in [5, 5.41) is 3.73. The number of hydrogen-bond acceptors (Lipinski definition) is 5. The fourth-order valence-electron chi connectivity index (χ4n) is 4.63. The molecule has 9 heteroatoms. The average molecular weight is 493 g/mol. The number of methoxy groups -OCH3 is 1. The molecular formula is C23H22Cl2N2O4S. The minimum Gasteiger partial charge on any atom is -0.380 e. The van der Waals surface area contributed by atoms with Gasteiger partial charge in [0.05, 0.1) is 41.1 Å². The van der Waals surface area contributed by atoms with Crippen LogP contribution in [0, 0.1) is 12.8 Å². The van der Waals surface area contributed by atoms with E-state index in [-0.39, 0.29) is 30.0 Å². The van der Waals surface area contributed by atoms with E-state index >= 15 is 0 Å². The zero-order valence-electron chi connectivity index (χ0n) is 17.7. The number of nitrogens with one attached hydrogen (secondary N) is 1. The molecule has 0 spiro atoms. The zero-order valence-corrected chi connectivity index (χ0v) is 20.0. The number of pyridine rings is 1. The number of fused-ring (bicyclic) bond motifs is 2. The Labute approximate surface area is 199 Å². The van der Waals surface area contributed by atoms with Crippen molar-refractivity contribution in [3.8, 4) is 0 Å². The van der Waals surface area contributed by atoms with Crippen LogP contribution in [-0.2, 0) is 22.4 Å². The van der Waals surface area contributed by atoms with Crippen LogP contribution < -0.4 is 5.56 Å². The monoisotopic (exact) mass is 492 g/mol. The number of aromatic nitrogens is 1. The van der Waals surface area contributed by atoms with Gasteiger partial charge in [0.15, 0.2) is 0 Å². The van der Waals surface area contributed by atoms with Gasteiger partial charge < -0.3 is 19.4 Å². The third-order valence-corrected chi connectivity index (χ3v) is 8.16. The summed E-state index contributed by atoms with van der Waals surface area (Å²) in [7, 11) is 1.62. The molecule has 4 heterocycles. The molecule has 0 radical (unpaired) electrons. The van der Waals surface area contributed by atoms with Crippen LogP contribution in [0.2, 0.25) is 10.0 Å². The van der Waals surface area contributed by atoms with Crippen molar-refractivity contribution in [1.82, 2.24) is 9.88 Å². The number of aryl methyl sites for hydroxylation is 1. The van der Waals surface area contributed by atoms with Gasteiger partial charge in [-0.3, -0.25) is 9.59 Å². The van der Waals surface area contributed by atoms with Crippen molar-refractivity contribution in [3.05, 3.63) is 65.9 Å². The van der Waals surface area contributed by atoms with Gasteiger partial charge in [-0.05, 0) is 36.4 Å². The zero-order chi connectivity index (χ0) is 22.6. The van der Waals surface area contributed by atoms with Crippen molar-refractivity contribution in [2.75, 3.05) is 26.9 Å². The van der Waals surface area contributed by atoms with Crippen LogP contribution in [0.5, 0.6) is 0 Å². The Morgan fingerprint density at radius 3 is 2.81 bits per heavy atom. The molecule has 3 aromatic rings. The van der Waals surface area contributed by atoms with Gasteiger partial charge >= 0.3 is 0 Å². The first-order chi connectivity index (χ1) is 15.4. The molecule has 1 atom stereocenters. The molecule has 0 aliphatic carbocycles. The lowest BCUT2D eigenvalue weighted by Gasteiger charge is -2.35. The van der Waals surface area contributed by atoms with Gasteiger partial charge in [0.1, 0.15) is 0 Å². The Bertz CT molecular complexity index is 1280. The molecule has 2 aromatic heterocycles. The normalized spacial score (nSPS) is 17.5. The second kappa shape index (κ2) is 8.47. The van der Waals surface area contributed by atoms with E-state index in [0.29, 0.717) is 52.9 Å². The van der Waals surface area contributed by atoms with Crippen molar-refractivity contribution in [2.45, 2.75) is 26.0 Å². The minimum absolute atomic E-state index is 0.166. The third-order valence-electron chi connectivity index (χ3n) is 6.39. The number of H-pyrrole nitrogens is 1. The van der Waals surface area contributed by atoms with Crippen LogP contribution in [0.4, 0.5) is 0 Å². The number of nitrogens with zero attached hydrogens (tertiary/aromatic N) is 1. The number of carbonyl (C=O) groups excluding carboxylic acids is 1. The van der Waals surface area contributed by atoms with Gasteiger partial charge in [0.25, 0.3) is 11.5 Å². The SMILES string of the molecule is COC(c1cc(Cl)c2c(c1Cl)C(=O)N(Cc1c(=O)[nH]c(C)c3sccc13)CC2)C1COC1. The summed E-state index contributed by atoms with van der Waals surface area (Å²) in [5.74, 6) is -0.0533. The van der Waals surface area contributed by atoms with Crippen LogP contribution in [0.15, 0.2) is 22.3 Å². The van der Waals surface area contributed by atoms with E-state index < -0.39 is 0 Å². The maximum atomic E-state index is 13.6. The molecular weight excluding hydrogens is 471 g/mol. The number of thiophene rings is 1. The van der Waals surface area contributed by atoms with Gasteiger partial charge in [0, 0.05) is 46.8 Å². The topological polar surface area (TPSA) is 71.6 Å². The molecule has 2 aliphatic rings. The van der Waals surface area contributed by atoms with Crippen molar-refractivity contribution >= 4 is 50.5 Å². The largest absolute Gasteiger partial charge is 0.380 e. The quantitative estimate of drug-likeness (QED) is 0.558. The first kappa shape index (κ1) is 21.9. The predicted octanol–water partition coefficient (Wildman–Crippen LogP) is 4.74. The average Bonchev–Trinajstić information content (AvgIpc) is 3.22. The van der Waals surface area contributed by atoms with E-state index in [1.54, 1.807) is 23.3 Å². The number of benzene rings is 1. The number of halogens is 2. The Balaban J connectivity index is 1.54. The Hall–Kier alpha value is -1.90. The summed E-state index contributed by atoms with van der Waals surface area (Å²) in [5.41, 5.74) is 3.12. The molecule has 32 heavy (non-hydrogen) atoms. The summed E-state index contributed by atoms with van der Waals surface area (Å²) >= 11 is 15.0. The van der Waals surface area contributed by atoms with E-state index in [0.717, 1.165) is 21.3 Å². The molecule has 1 aromatic carbocycles. The van der Waals surface area contributed by atoms with Gasteiger partial charge in [-0.2, -0.15) is 0 Å². The fraction of sp³-hybridized carbons (Fsp3) is 0.391. The summed E-state index contributed by atoms with van der Waals surface area (Å²) in [6, 6.07) is 3.75. The molecule has 1 unspecified atom stereocenters. The van der Waals surface area contributed by atoms with Crippen LogP contribution in [-0.4, -0.2) is 42.7 Å². The highest BCUT2D eigenvalue weighted by Crippen LogP contribution is 2.42. The van der Waals surface area contributed by atoms with Crippen molar-refractivity contribution in [2.24, 2.45) is 5.92 Å². The first-order valence-corrected chi connectivity index (χ1v) is 12.0. The molecule has 1 fully saturated rings. The Morgan fingerprint density at radius 2 is 2.12 bits per heavy atom. The van der Waals surface area contributed by atoms with Crippen molar-refractivity contribution in [1.29, 1.82) is 0 Å². The molecule has 0 bridgehead atoms. The van der Waals surface area contributed by atoms with Crippen LogP contribution >= 0.6 is 34.5 Å². The molecule has 1 amide bonds. The molecule has 5 rings (SSSR count). The lowest BCUT2D eigenvalue weighted by molar-refractivity contribution is -0.105. The van der Waals surface area contributed by atoms with Crippen LogP contribution in [0.3, 0.4) is 0 Å². The summed E-state index contributed by atoms with van der Waals surface area (Å²) in [4.78, 5) is 30.9. The molecule has 1 saturated heterocycles. The molecule has 6 nitrogen and oxygen atoms in total. The Kier molecular flexibility index (Phi) is 5.80. The first-order valence-electron chi connectivity index (χ1n) is 10.4. The fourth-order valence-corrected chi connectivity index (χ4v) is 6.18. The van der Waals surface area contributed by atoms with Crippen molar-refractivity contribution in [3.63, 3.8) is 0 Å². The summed E-state index contributed by atoms with van der Waals surface area (Å²) in [6.07, 6.45) is 0.272. The van der Waals surface area contributed by atoms with Crippen LogP contribution in [0.25, 0.3) is 10.1 Å². The molecule has 168 valence electrons. The lowest BCUT2D eigenvalue weighted by atomic mass is 9.89. The van der Waals surface area contributed by atoms with Crippen molar-refractivity contribution < 1.29 is 14.3 Å². The third kappa shape index (κ3) is 3.47. The number of aromatic amines is 1. The highest BCUT2D eigenvalue weighted by Gasteiger charge is 2.36. The van der Waals surface area contributed by atoms with E-state index in [1.165, 1.54) is 0 Å². The standard InChI is InChI=1S/C23H22Cl2N2O4S/c1-11-21-13(4-6-32-21)16(22(28)26-11)8-27-5-3-14-17(24)7-15(19(25)18(14)23(27)29)20(30-2)12-9-31-10-12/h4,6-7,12,20H,3,5,8-10H2,1-2H3,(H,26,28). The summed E-state index contributed by atoms with van der Waals surface area (Å²) in [6.45, 7) is 3.72. The highest BCUT2D eigenvalue weighted by molar-refractivity contribution is 7.17.